The lowest BCUT2D eigenvalue weighted by molar-refractivity contribution is 0.136. The predicted molar refractivity (Wildman–Crippen MR) is 114 cm³/mol. The standard InChI is InChI=1S/C20H21ClFN3O3S/c1-2-9-29(26,27)25-19-8-7-17(21)16(20(19)22)12-28-13-24-15-10-14-5-3-4-6-18(14)23-11-15/h3-8,10-11,24-25H,2,9,12-13H2,1H3. The van der Waals surface area contributed by atoms with Gasteiger partial charge < -0.3 is 10.1 Å². The molecule has 6 nitrogen and oxygen atoms in total. The first-order valence-corrected chi connectivity index (χ1v) is 11.1. The SMILES string of the molecule is CCCS(=O)(=O)Nc1ccc(Cl)c(COCNc2cnc3ccccc3c2)c1F. The van der Waals surface area contributed by atoms with Gasteiger partial charge in [0.25, 0.3) is 0 Å². The highest BCUT2D eigenvalue weighted by molar-refractivity contribution is 7.92. The Labute approximate surface area is 174 Å². The Morgan fingerprint density at radius 2 is 2.00 bits per heavy atom. The van der Waals surface area contributed by atoms with E-state index in [0.29, 0.717) is 6.42 Å². The van der Waals surface area contributed by atoms with E-state index in [-0.39, 0.29) is 35.4 Å². The number of hydrogen-bond acceptors (Lipinski definition) is 5. The topological polar surface area (TPSA) is 80.3 Å². The number of pyridine rings is 1. The van der Waals surface area contributed by atoms with Crippen LogP contribution in [-0.2, 0) is 21.4 Å². The zero-order valence-corrected chi connectivity index (χ0v) is 17.4. The third-order valence-electron chi connectivity index (χ3n) is 4.14. The number of nitrogens with zero attached hydrogens (tertiary/aromatic N) is 1. The lowest BCUT2D eigenvalue weighted by Crippen LogP contribution is -2.17. The van der Waals surface area contributed by atoms with Gasteiger partial charge in [-0.3, -0.25) is 9.71 Å². The summed E-state index contributed by atoms with van der Waals surface area (Å²) in [4.78, 5) is 4.34. The van der Waals surface area contributed by atoms with E-state index in [1.807, 2.05) is 30.3 Å². The summed E-state index contributed by atoms with van der Waals surface area (Å²) >= 11 is 6.07. The van der Waals surface area contributed by atoms with Gasteiger partial charge >= 0.3 is 0 Å². The summed E-state index contributed by atoms with van der Waals surface area (Å²) in [6.07, 6.45) is 2.11. The molecular formula is C20H21ClFN3O3S. The van der Waals surface area contributed by atoms with Crippen LogP contribution in [0.5, 0.6) is 0 Å². The fourth-order valence-corrected chi connectivity index (χ4v) is 4.08. The van der Waals surface area contributed by atoms with Gasteiger partial charge in [0.1, 0.15) is 6.73 Å². The van der Waals surface area contributed by atoms with Gasteiger partial charge in [0.05, 0.1) is 35.4 Å². The van der Waals surface area contributed by atoms with Crippen LogP contribution in [0.15, 0.2) is 48.7 Å². The van der Waals surface area contributed by atoms with Crippen molar-refractivity contribution >= 4 is 43.9 Å². The van der Waals surface area contributed by atoms with E-state index in [1.54, 1.807) is 13.1 Å². The second-order valence-corrected chi connectivity index (χ2v) is 8.64. The van der Waals surface area contributed by atoms with Crippen LogP contribution in [0, 0.1) is 5.82 Å². The molecule has 0 saturated heterocycles. The smallest absolute Gasteiger partial charge is 0.232 e. The Kier molecular flexibility index (Phi) is 6.89. The van der Waals surface area contributed by atoms with Crippen LogP contribution in [0.1, 0.15) is 18.9 Å². The maximum atomic E-state index is 14.7. The first kappa shape index (κ1) is 21.3. The summed E-state index contributed by atoms with van der Waals surface area (Å²) in [6.45, 7) is 1.71. The number of sulfonamides is 1. The quantitative estimate of drug-likeness (QED) is 0.372. The molecule has 1 heterocycles. The molecule has 9 heteroatoms. The van der Waals surface area contributed by atoms with Crippen LogP contribution in [0.4, 0.5) is 15.8 Å². The number of anilines is 2. The lowest BCUT2D eigenvalue weighted by Gasteiger charge is -2.13. The van der Waals surface area contributed by atoms with Crippen LogP contribution in [0.3, 0.4) is 0 Å². The predicted octanol–water partition coefficient (Wildman–Crippen LogP) is 4.77. The molecule has 0 atom stereocenters. The van der Waals surface area contributed by atoms with Crippen LogP contribution >= 0.6 is 11.6 Å². The molecule has 2 N–H and O–H groups in total. The Morgan fingerprint density at radius 3 is 2.79 bits per heavy atom. The van der Waals surface area contributed by atoms with E-state index in [9.17, 15) is 12.8 Å². The van der Waals surface area contributed by atoms with Gasteiger partial charge in [0.2, 0.25) is 10.0 Å². The minimum Gasteiger partial charge on any atom is -0.361 e. The van der Waals surface area contributed by atoms with Crippen LogP contribution in [0.25, 0.3) is 10.9 Å². The van der Waals surface area contributed by atoms with Crippen LogP contribution < -0.4 is 10.0 Å². The normalized spacial score (nSPS) is 11.6. The highest BCUT2D eigenvalue weighted by Gasteiger charge is 2.17. The summed E-state index contributed by atoms with van der Waals surface area (Å²) in [6, 6.07) is 12.4. The summed E-state index contributed by atoms with van der Waals surface area (Å²) in [5, 5.41) is 4.20. The molecule has 154 valence electrons. The van der Waals surface area contributed by atoms with Crippen molar-refractivity contribution in [1.29, 1.82) is 0 Å². The maximum absolute atomic E-state index is 14.7. The van der Waals surface area contributed by atoms with Crippen molar-refractivity contribution in [3.8, 4) is 0 Å². The molecule has 0 spiro atoms. The third kappa shape index (κ3) is 5.56. The van der Waals surface area contributed by atoms with E-state index in [1.165, 1.54) is 12.1 Å². The Morgan fingerprint density at radius 1 is 1.21 bits per heavy atom. The molecule has 0 amide bonds. The van der Waals surface area contributed by atoms with Crippen LogP contribution in [-0.4, -0.2) is 25.9 Å². The Balaban J connectivity index is 1.63. The molecule has 29 heavy (non-hydrogen) atoms. The summed E-state index contributed by atoms with van der Waals surface area (Å²) in [5.74, 6) is -0.838. The number of aromatic nitrogens is 1. The molecule has 0 aliphatic heterocycles. The van der Waals surface area contributed by atoms with Gasteiger partial charge in [-0.25, -0.2) is 12.8 Å². The summed E-state index contributed by atoms with van der Waals surface area (Å²) in [5.41, 5.74) is 1.58. The van der Waals surface area contributed by atoms with Gasteiger partial charge in [-0.2, -0.15) is 0 Å². The number of fused-ring (bicyclic) bond motifs is 1. The molecular weight excluding hydrogens is 417 g/mol. The number of hydrogen-bond donors (Lipinski definition) is 2. The second kappa shape index (κ2) is 9.39. The van der Waals surface area contributed by atoms with Gasteiger partial charge in [0, 0.05) is 16.0 Å². The summed E-state index contributed by atoms with van der Waals surface area (Å²) in [7, 11) is -3.61. The van der Waals surface area contributed by atoms with Crippen LogP contribution in [0.2, 0.25) is 5.02 Å². The van der Waals surface area contributed by atoms with Gasteiger partial charge in [-0.15, -0.1) is 0 Å². The largest absolute Gasteiger partial charge is 0.361 e. The van der Waals surface area contributed by atoms with Gasteiger partial charge in [0.15, 0.2) is 5.82 Å². The van der Waals surface area contributed by atoms with Crippen molar-refractivity contribution in [1.82, 2.24) is 4.98 Å². The van der Waals surface area contributed by atoms with Gasteiger partial charge in [-0.05, 0) is 30.7 Å². The Bertz CT molecular complexity index is 1110. The fraction of sp³-hybridized carbons (Fsp3) is 0.250. The van der Waals surface area contributed by atoms with Crippen molar-refractivity contribution in [3.05, 3.63) is 65.1 Å². The highest BCUT2D eigenvalue weighted by atomic mass is 35.5. The molecule has 0 radical (unpaired) electrons. The number of nitrogens with one attached hydrogen (secondary N) is 2. The minimum absolute atomic E-state index is 0.0850. The van der Waals surface area contributed by atoms with E-state index < -0.39 is 15.8 Å². The fourth-order valence-electron chi connectivity index (χ4n) is 2.75. The molecule has 0 aliphatic carbocycles. The van der Waals surface area contributed by atoms with Crippen molar-refractivity contribution in [2.75, 3.05) is 22.5 Å². The average Bonchev–Trinajstić information content (AvgIpc) is 2.69. The number of ether oxygens (including phenoxy) is 1. The van der Waals surface area contributed by atoms with E-state index in [4.69, 9.17) is 16.3 Å². The third-order valence-corrected chi connectivity index (χ3v) is 5.97. The molecule has 3 rings (SSSR count). The molecule has 3 aromatic rings. The molecule has 0 bridgehead atoms. The number of rotatable bonds is 9. The minimum atomic E-state index is -3.61. The zero-order chi connectivity index (χ0) is 20.9. The first-order chi connectivity index (χ1) is 13.9. The van der Waals surface area contributed by atoms with Crippen molar-refractivity contribution in [2.24, 2.45) is 0 Å². The molecule has 0 unspecified atom stereocenters. The highest BCUT2D eigenvalue weighted by Crippen LogP contribution is 2.27. The molecule has 0 fully saturated rings. The van der Waals surface area contributed by atoms with Crippen molar-refractivity contribution in [2.45, 2.75) is 20.0 Å². The zero-order valence-electron chi connectivity index (χ0n) is 15.8. The summed E-state index contributed by atoms with van der Waals surface area (Å²) < 4.78 is 46.2. The van der Waals surface area contributed by atoms with E-state index in [2.05, 4.69) is 15.0 Å². The first-order valence-electron chi connectivity index (χ1n) is 9.03. The molecule has 2 aromatic carbocycles. The Hall–Kier alpha value is -2.42. The number of para-hydroxylation sites is 1. The molecule has 0 saturated carbocycles. The molecule has 0 aliphatic rings. The monoisotopic (exact) mass is 437 g/mol. The lowest BCUT2D eigenvalue weighted by atomic mass is 10.2. The van der Waals surface area contributed by atoms with E-state index >= 15 is 0 Å². The molecule has 1 aromatic heterocycles. The van der Waals surface area contributed by atoms with E-state index in [0.717, 1.165) is 16.6 Å². The van der Waals surface area contributed by atoms with Gasteiger partial charge in [-0.1, -0.05) is 36.7 Å². The average molecular weight is 438 g/mol. The van der Waals surface area contributed by atoms with Crippen molar-refractivity contribution in [3.63, 3.8) is 0 Å². The van der Waals surface area contributed by atoms with Crippen molar-refractivity contribution < 1.29 is 17.5 Å². The number of benzene rings is 2. The maximum Gasteiger partial charge on any atom is 0.232 e. The second-order valence-electron chi connectivity index (χ2n) is 6.39. The number of halogens is 2.